The van der Waals surface area contributed by atoms with Crippen LogP contribution >= 0.6 is 15.9 Å². The molecular weight excluding hydrogens is 518 g/mol. The highest BCUT2D eigenvalue weighted by atomic mass is 79.9. The quantitative estimate of drug-likeness (QED) is 0.535. The second-order valence-electron chi connectivity index (χ2n) is 9.99. The second-order valence-corrected chi connectivity index (χ2v) is 10.8. The molecule has 1 saturated heterocycles. The number of nitrogens with one attached hydrogen (secondary N) is 1. The molecule has 2 heterocycles. The predicted octanol–water partition coefficient (Wildman–Crippen LogP) is 4.49. The van der Waals surface area contributed by atoms with Gasteiger partial charge in [0.1, 0.15) is 5.60 Å². The first-order valence-electron chi connectivity index (χ1n) is 12.4. The molecule has 0 bridgehead atoms. The smallest absolute Gasteiger partial charge is 0.230 e. The van der Waals surface area contributed by atoms with Crippen LogP contribution in [0.5, 0.6) is 0 Å². The molecule has 35 heavy (non-hydrogen) atoms. The Morgan fingerprint density at radius 3 is 2.77 bits per heavy atom. The summed E-state index contributed by atoms with van der Waals surface area (Å²) < 4.78 is 35.4. The van der Waals surface area contributed by atoms with Gasteiger partial charge in [-0.25, -0.2) is 8.78 Å². The monoisotopic (exact) mass is 548 g/mol. The molecule has 1 amide bonds. The Balaban J connectivity index is 1.46. The van der Waals surface area contributed by atoms with E-state index in [0.717, 1.165) is 40.4 Å². The normalized spacial score (nSPS) is 23.5. The van der Waals surface area contributed by atoms with Crippen molar-refractivity contribution in [3.8, 4) is 0 Å². The Labute approximate surface area is 213 Å². The summed E-state index contributed by atoms with van der Waals surface area (Å²) in [6.07, 6.45) is 3.91. The Morgan fingerprint density at radius 2 is 2.03 bits per heavy atom. The first kappa shape index (κ1) is 24.8. The van der Waals surface area contributed by atoms with Gasteiger partial charge in [0, 0.05) is 30.2 Å². The van der Waals surface area contributed by atoms with Crippen molar-refractivity contribution < 1.29 is 23.4 Å². The molecular formula is C27H31BrF2N2O3. The molecule has 3 aliphatic rings. The van der Waals surface area contributed by atoms with Gasteiger partial charge in [0.15, 0.2) is 11.6 Å². The molecule has 2 aromatic carbocycles. The van der Waals surface area contributed by atoms with Gasteiger partial charge in [-0.2, -0.15) is 0 Å². The van der Waals surface area contributed by atoms with Gasteiger partial charge in [-0.1, -0.05) is 22.0 Å². The topological polar surface area (TPSA) is 61.8 Å². The molecule has 2 aliphatic heterocycles. The average molecular weight is 549 g/mol. The number of rotatable bonds is 7. The average Bonchev–Trinajstić information content (AvgIpc) is 3.64. The summed E-state index contributed by atoms with van der Waals surface area (Å²) >= 11 is 3.66. The Morgan fingerprint density at radius 1 is 1.26 bits per heavy atom. The van der Waals surface area contributed by atoms with Crippen LogP contribution in [-0.2, 0) is 34.7 Å². The summed E-state index contributed by atoms with van der Waals surface area (Å²) in [6, 6.07) is 6.81. The number of carbonyl (C=O) groups is 1. The van der Waals surface area contributed by atoms with Crippen LogP contribution in [0.4, 0.5) is 8.78 Å². The molecule has 8 heteroatoms. The zero-order valence-electron chi connectivity index (χ0n) is 19.9. The van der Waals surface area contributed by atoms with E-state index in [4.69, 9.17) is 4.74 Å². The lowest BCUT2D eigenvalue weighted by atomic mass is 9.75. The largest absolute Gasteiger partial charge is 0.396 e. The molecule has 188 valence electrons. The van der Waals surface area contributed by atoms with Gasteiger partial charge in [-0.3, -0.25) is 4.79 Å². The number of carbonyl (C=O) groups excluding carboxylic acids is 1. The summed E-state index contributed by atoms with van der Waals surface area (Å²) in [5, 5.41) is 12.6. The number of hydrogen-bond donors (Lipinski definition) is 2. The molecule has 1 spiro atoms. The Hall–Kier alpha value is -1.87. The molecule has 2 N–H and O–H groups in total. The van der Waals surface area contributed by atoms with Crippen molar-refractivity contribution in [1.29, 1.82) is 0 Å². The van der Waals surface area contributed by atoms with Crippen LogP contribution in [0.1, 0.15) is 53.5 Å². The SMILES string of the molecule is Cc1c(Br)cc(CN(C(=O)[C@H]2CNCCC23OCc2cc(F)c(F)cc23)C2CC2)cc1CCCO. The van der Waals surface area contributed by atoms with Crippen LogP contribution in [0, 0.1) is 24.5 Å². The highest BCUT2D eigenvalue weighted by Gasteiger charge is 2.53. The van der Waals surface area contributed by atoms with Crippen LogP contribution in [0.15, 0.2) is 28.7 Å². The number of aliphatic hydroxyl groups excluding tert-OH is 1. The molecule has 2 aromatic rings. The van der Waals surface area contributed by atoms with Crippen molar-refractivity contribution in [3.63, 3.8) is 0 Å². The van der Waals surface area contributed by atoms with E-state index in [1.54, 1.807) is 0 Å². The fourth-order valence-corrected chi connectivity index (χ4v) is 6.16. The first-order valence-corrected chi connectivity index (χ1v) is 13.2. The van der Waals surface area contributed by atoms with Crippen molar-refractivity contribution in [1.82, 2.24) is 10.2 Å². The molecule has 1 aliphatic carbocycles. The number of nitrogens with zero attached hydrogens (tertiary/aromatic N) is 1. The molecule has 5 rings (SSSR count). The van der Waals surface area contributed by atoms with Gasteiger partial charge in [-0.05, 0) is 91.6 Å². The summed E-state index contributed by atoms with van der Waals surface area (Å²) in [5.41, 5.74) is 3.63. The van der Waals surface area contributed by atoms with Crippen LogP contribution in [0.2, 0.25) is 0 Å². The highest BCUT2D eigenvalue weighted by Crippen LogP contribution is 2.48. The first-order chi connectivity index (χ1) is 16.8. The lowest BCUT2D eigenvalue weighted by Gasteiger charge is -2.43. The van der Waals surface area contributed by atoms with Crippen molar-refractivity contribution in [3.05, 3.63) is 68.2 Å². The number of piperidine rings is 1. The molecule has 1 saturated carbocycles. The summed E-state index contributed by atoms with van der Waals surface area (Å²) in [7, 11) is 0. The van der Waals surface area contributed by atoms with E-state index in [0.29, 0.717) is 43.6 Å². The van der Waals surface area contributed by atoms with E-state index >= 15 is 0 Å². The number of benzene rings is 2. The van der Waals surface area contributed by atoms with E-state index < -0.39 is 23.2 Å². The van der Waals surface area contributed by atoms with Crippen molar-refractivity contribution in [2.45, 2.75) is 63.8 Å². The summed E-state index contributed by atoms with van der Waals surface area (Å²) in [4.78, 5) is 16.1. The number of aliphatic hydroxyl groups is 1. The van der Waals surface area contributed by atoms with Gasteiger partial charge < -0.3 is 20.1 Å². The van der Waals surface area contributed by atoms with Crippen LogP contribution in [-0.4, -0.2) is 41.7 Å². The minimum absolute atomic E-state index is 0.00844. The summed E-state index contributed by atoms with van der Waals surface area (Å²) in [5.74, 6) is -2.32. The lowest BCUT2D eigenvalue weighted by Crippen LogP contribution is -2.55. The number of halogens is 3. The van der Waals surface area contributed by atoms with E-state index in [1.807, 2.05) is 4.90 Å². The number of ether oxygens (including phenoxy) is 1. The van der Waals surface area contributed by atoms with Gasteiger partial charge >= 0.3 is 0 Å². The lowest BCUT2D eigenvalue weighted by molar-refractivity contribution is -0.157. The van der Waals surface area contributed by atoms with E-state index in [-0.39, 0.29) is 25.2 Å². The third-order valence-electron chi connectivity index (χ3n) is 7.71. The van der Waals surface area contributed by atoms with Crippen LogP contribution < -0.4 is 5.32 Å². The van der Waals surface area contributed by atoms with Crippen molar-refractivity contribution >= 4 is 21.8 Å². The minimum atomic E-state index is -0.945. The second kappa shape index (κ2) is 9.88. The molecule has 0 aromatic heterocycles. The maximum absolute atomic E-state index is 14.3. The van der Waals surface area contributed by atoms with Gasteiger partial charge in [0.25, 0.3) is 0 Å². The molecule has 2 atom stereocenters. The molecule has 2 fully saturated rings. The van der Waals surface area contributed by atoms with Crippen molar-refractivity contribution in [2.75, 3.05) is 19.7 Å². The third kappa shape index (κ3) is 4.66. The van der Waals surface area contributed by atoms with Gasteiger partial charge in [-0.15, -0.1) is 0 Å². The Kier molecular flexibility index (Phi) is 7.00. The van der Waals surface area contributed by atoms with Crippen LogP contribution in [0.25, 0.3) is 0 Å². The predicted molar refractivity (Wildman–Crippen MR) is 132 cm³/mol. The zero-order valence-corrected chi connectivity index (χ0v) is 21.5. The van der Waals surface area contributed by atoms with Gasteiger partial charge in [0.05, 0.1) is 12.5 Å². The maximum atomic E-state index is 14.3. The minimum Gasteiger partial charge on any atom is -0.396 e. The van der Waals surface area contributed by atoms with Gasteiger partial charge in [0.2, 0.25) is 5.91 Å². The number of fused-ring (bicyclic) bond motifs is 2. The summed E-state index contributed by atoms with van der Waals surface area (Å²) in [6.45, 7) is 3.92. The number of hydrogen-bond acceptors (Lipinski definition) is 4. The fraction of sp³-hybridized carbons (Fsp3) is 0.519. The van der Waals surface area contributed by atoms with E-state index in [9.17, 15) is 18.7 Å². The molecule has 0 radical (unpaired) electrons. The number of amides is 1. The van der Waals surface area contributed by atoms with Crippen molar-refractivity contribution in [2.24, 2.45) is 5.92 Å². The molecule has 1 unspecified atom stereocenters. The Bertz CT molecular complexity index is 1140. The van der Waals surface area contributed by atoms with E-state index in [2.05, 4.69) is 40.3 Å². The van der Waals surface area contributed by atoms with Crippen LogP contribution in [0.3, 0.4) is 0 Å². The standard InChI is InChI=1S/C27H31BrF2N2O3/c1-16-18(3-2-8-33)9-17(10-23(16)28)14-32(20-4-5-20)26(34)22-13-31-7-6-27(22)21-12-25(30)24(29)11-19(21)15-35-27/h9-12,20,22,31,33H,2-8,13-15H2,1H3/t22-,27?/m1/s1. The van der Waals surface area contributed by atoms with E-state index in [1.165, 1.54) is 12.1 Å². The molecule has 5 nitrogen and oxygen atoms in total. The third-order valence-corrected chi connectivity index (χ3v) is 8.53. The number of aryl methyl sites for hydroxylation is 1. The zero-order chi connectivity index (χ0) is 24.7. The highest BCUT2D eigenvalue weighted by molar-refractivity contribution is 9.10. The maximum Gasteiger partial charge on any atom is 0.230 e. The fourth-order valence-electron chi connectivity index (χ4n) is 5.62.